The summed E-state index contributed by atoms with van der Waals surface area (Å²) in [6.07, 6.45) is 1.54. The van der Waals surface area contributed by atoms with Crippen LogP contribution in [0.2, 0.25) is 0 Å². The number of carbonyl (C=O) groups is 1. The van der Waals surface area contributed by atoms with Gasteiger partial charge in [0.2, 0.25) is 5.91 Å². The number of hydrogen-bond donors (Lipinski definition) is 1. The van der Waals surface area contributed by atoms with Gasteiger partial charge in [0.1, 0.15) is 6.33 Å². The first-order valence-electron chi connectivity index (χ1n) is 8.98. The summed E-state index contributed by atoms with van der Waals surface area (Å²) in [6.45, 7) is 0. The van der Waals surface area contributed by atoms with Crippen LogP contribution in [0.1, 0.15) is 10.4 Å². The molecule has 0 saturated carbocycles. The SMILES string of the molecule is COc1ccc(-c2ccc3ncnc(-c4ccc(C(N)=O)cc4)c3c2)cc1OC. The quantitative estimate of drug-likeness (QED) is 0.559. The predicted octanol–water partition coefficient (Wildman–Crippen LogP) is 4.08. The lowest BCUT2D eigenvalue weighted by molar-refractivity contribution is 0.100. The lowest BCUT2D eigenvalue weighted by Crippen LogP contribution is -2.10. The van der Waals surface area contributed by atoms with E-state index in [1.807, 2.05) is 48.5 Å². The van der Waals surface area contributed by atoms with Gasteiger partial charge in [-0.25, -0.2) is 9.97 Å². The van der Waals surface area contributed by atoms with Crippen LogP contribution in [0.5, 0.6) is 11.5 Å². The molecule has 2 N–H and O–H groups in total. The third-order valence-corrected chi connectivity index (χ3v) is 4.80. The molecule has 0 unspecified atom stereocenters. The topological polar surface area (TPSA) is 87.3 Å². The van der Waals surface area contributed by atoms with E-state index in [9.17, 15) is 4.79 Å². The molecule has 4 rings (SSSR count). The Morgan fingerprint density at radius 2 is 1.45 bits per heavy atom. The van der Waals surface area contributed by atoms with Crippen LogP contribution in [0.4, 0.5) is 0 Å². The minimum absolute atomic E-state index is 0.457. The fraction of sp³-hybridized carbons (Fsp3) is 0.0870. The normalized spacial score (nSPS) is 10.7. The van der Waals surface area contributed by atoms with Gasteiger partial charge in [0, 0.05) is 16.5 Å². The lowest BCUT2D eigenvalue weighted by atomic mass is 9.99. The fourth-order valence-corrected chi connectivity index (χ4v) is 3.27. The van der Waals surface area contributed by atoms with Crippen LogP contribution in [0.25, 0.3) is 33.3 Å². The van der Waals surface area contributed by atoms with Gasteiger partial charge in [-0.05, 0) is 47.5 Å². The van der Waals surface area contributed by atoms with E-state index in [2.05, 4.69) is 9.97 Å². The number of methoxy groups -OCH3 is 2. The number of fused-ring (bicyclic) bond motifs is 1. The summed E-state index contributed by atoms with van der Waals surface area (Å²) >= 11 is 0. The van der Waals surface area contributed by atoms with Crippen molar-refractivity contribution in [2.24, 2.45) is 5.73 Å². The number of primary amides is 1. The summed E-state index contributed by atoms with van der Waals surface area (Å²) in [5.41, 5.74) is 10.3. The van der Waals surface area contributed by atoms with E-state index in [0.717, 1.165) is 33.3 Å². The number of benzene rings is 3. The van der Waals surface area contributed by atoms with Gasteiger partial charge in [-0.15, -0.1) is 0 Å². The summed E-state index contributed by atoms with van der Waals surface area (Å²) in [4.78, 5) is 20.2. The Morgan fingerprint density at radius 3 is 2.14 bits per heavy atom. The van der Waals surface area contributed by atoms with Crippen molar-refractivity contribution in [3.63, 3.8) is 0 Å². The third kappa shape index (κ3) is 3.48. The first kappa shape index (κ1) is 18.4. The Kier molecular flexibility index (Phi) is 4.83. The van der Waals surface area contributed by atoms with Crippen LogP contribution in [0.3, 0.4) is 0 Å². The first-order chi connectivity index (χ1) is 14.1. The second-order valence-corrected chi connectivity index (χ2v) is 6.47. The molecule has 0 atom stereocenters. The molecule has 1 aromatic heterocycles. The van der Waals surface area contributed by atoms with Crippen LogP contribution in [-0.2, 0) is 0 Å². The van der Waals surface area contributed by atoms with Crippen LogP contribution in [-0.4, -0.2) is 30.1 Å². The van der Waals surface area contributed by atoms with E-state index in [0.29, 0.717) is 17.1 Å². The summed E-state index contributed by atoms with van der Waals surface area (Å²) in [7, 11) is 3.23. The van der Waals surface area contributed by atoms with Gasteiger partial charge < -0.3 is 15.2 Å². The van der Waals surface area contributed by atoms with Gasteiger partial charge >= 0.3 is 0 Å². The summed E-state index contributed by atoms with van der Waals surface area (Å²) in [5, 5.41) is 0.909. The molecule has 144 valence electrons. The number of hydrogen-bond acceptors (Lipinski definition) is 5. The lowest BCUT2D eigenvalue weighted by Gasteiger charge is -2.11. The van der Waals surface area contributed by atoms with Crippen molar-refractivity contribution >= 4 is 16.8 Å². The number of nitrogens with zero attached hydrogens (tertiary/aromatic N) is 2. The molecule has 29 heavy (non-hydrogen) atoms. The highest BCUT2D eigenvalue weighted by Gasteiger charge is 2.11. The molecule has 0 aliphatic rings. The van der Waals surface area contributed by atoms with Gasteiger partial charge in [-0.1, -0.05) is 24.3 Å². The van der Waals surface area contributed by atoms with Gasteiger partial charge in [0.25, 0.3) is 0 Å². The monoisotopic (exact) mass is 385 g/mol. The van der Waals surface area contributed by atoms with Crippen LogP contribution in [0, 0.1) is 0 Å². The zero-order valence-electron chi connectivity index (χ0n) is 16.0. The molecule has 6 nitrogen and oxygen atoms in total. The van der Waals surface area contributed by atoms with Crippen LogP contribution >= 0.6 is 0 Å². The van der Waals surface area contributed by atoms with Crippen molar-refractivity contribution in [3.8, 4) is 33.9 Å². The van der Waals surface area contributed by atoms with E-state index in [-0.39, 0.29) is 0 Å². The highest BCUT2D eigenvalue weighted by atomic mass is 16.5. The van der Waals surface area contributed by atoms with Crippen molar-refractivity contribution in [3.05, 3.63) is 72.6 Å². The number of aromatic nitrogens is 2. The Balaban J connectivity index is 1.83. The smallest absolute Gasteiger partial charge is 0.248 e. The van der Waals surface area contributed by atoms with Gasteiger partial charge in [-0.3, -0.25) is 4.79 Å². The summed E-state index contributed by atoms with van der Waals surface area (Å²) in [5.74, 6) is 0.882. The minimum atomic E-state index is -0.458. The molecule has 0 spiro atoms. The molecule has 0 aliphatic heterocycles. The maximum Gasteiger partial charge on any atom is 0.248 e. The van der Waals surface area contributed by atoms with E-state index in [1.54, 1.807) is 26.4 Å². The van der Waals surface area contributed by atoms with Crippen molar-refractivity contribution < 1.29 is 14.3 Å². The van der Waals surface area contributed by atoms with Gasteiger partial charge in [0.15, 0.2) is 11.5 Å². The molecular weight excluding hydrogens is 366 g/mol. The number of nitrogens with two attached hydrogens (primary N) is 1. The Bertz CT molecular complexity index is 1200. The average Bonchev–Trinajstić information content (AvgIpc) is 2.77. The number of ether oxygens (including phenoxy) is 2. The van der Waals surface area contributed by atoms with Crippen molar-refractivity contribution in [1.29, 1.82) is 0 Å². The molecule has 1 amide bonds. The van der Waals surface area contributed by atoms with E-state index >= 15 is 0 Å². The van der Waals surface area contributed by atoms with Crippen molar-refractivity contribution in [1.82, 2.24) is 9.97 Å². The number of carbonyl (C=O) groups excluding carboxylic acids is 1. The Hall–Kier alpha value is -3.93. The van der Waals surface area contributed by atoms with E-state index in [1.165, 1.54) is 6.33 Å². The van der Waals surface area contributed by atoms with E-state index < -0.39 is 5.91 Å². The molecule has 6 heteroatoms. The van der Waals surface area contributed by atoms with Gasteiger partial charge in [0.05, 0.1) is 25.4 Å². The highest BCUT2D eigenvalue weighted by Crippen LogP contribution is 2.34. The maximum absolute atomic E-state index is 11.3. The highest BCUT2D eigenvalue weighted by molar-refractivity contribution is 5.96. The molecule has 0 bridgehead atoms. The molecule has 0 radical (unpaired) electrons. The molecule has 0 aliphatic carbocycles. The zero-order chi connectivity index (χ0) is 20.4. The second-order valence-electron chi connectivity index (χ2n) is 6.47. The Morgan fingerprint density at radius 1 is 0.793 bits per heavy atom. The molecule has 0 fully saturated rings. The molecule has 4 aromatic rings. The molecular formula is C23H19N3O3. The van der Waals surface area contributed by atoms with Crippen LogP contribution in [0.15, 0.2) is 67.0 Å². The second kappa shape index (κ2) is 7.59. The standard InChI is InChI=1S/C23H19N3O3/c1-28-20-10-8-17(12-21(20)29-2)16-7-9-19-18(11-16)22(26-13-25-19)14-3-5-15(6-4-14)23(24)27/h3-13H,1-2H3,(H2,24,27). The fourth-order valence-electron chi connectivity index (χ4n) is 3.27. The largest absolute Gasteiger partial charge is 0.493 e. The average molecular weight is 385 g/mol. The van der Waals surface area contributed by atoms with E-state index in [4.69, 9.17) is 15.2 Å². The number of rotatable bonds is 5. The van der Waals surface area contributed by atoms with Gasteiger partial charge in [-0.2, -0.15) is 0 Å². The maximum atomic E-state index is 11.3. The third-order valence-electron chi connectivity index (χ3n) is 4.80. The molecule has 1 heterocycles. The summed E-state index contributed by atoms with van der Waals surface area (Å²) in [6, 6.07) is 18.9. The minimum Gasteiger partial charge on any atom is -0.493 e. The van der Waals surface area contributed by atoms with Crippen LogP contribution < -0.4 is 15.2 Å². The zero-order valence-corrected chi connectivity index (χ0v) is 16.0. The Labute approximate surface area is 167 Å². The van der Waals surface area contributed by atoms with Crippen molar-refractivity contribution in [2.45, 2.75) is 0 Å². The molecule has 0 saturated heterocycles. The predicted molar refractivity (Wildman–Crippen MR) is 112 cm³/mol. The number of amides is 1. The van der Waals surface area contributed by atoms with Crippen molar-refractivity contribution in [2.75, 3.05) is 14.2 Å². The summed E-state index contributed by atoms with van der Waals surface area (Å²) < 4.78 is 10.7. The first-order valence-corrected chi connectivity index (χ1v) is 8.98. The molecule has 3 aromatic carbocycles.